The van der Waals surface area contributed by atoms with Crippen molar-refractivity contribution in [3.63, 3.8) is 0 Å². The molecule has 0 saturated carbocycles. The molecule has 57 heavy (non-hydrogen) atoms. The van der Waals surface area contributed by atoms with Crippen molar-refractivity contribution in [3.05, 3.63) is 72.9 Å². The van der Waals surface area contributed by atoms with Crippen LogP contribution in [0.2, 0.25) is 0 Å². The van der Waals surface area contributed by atoms with Crippen LogP contribution in [0.3, 0.4) is 0 Å². The number of aliphatic hydroxyl groups excluding tert-OH is 2. The fourth-order valence-electron chi connectivity index (χ4n) is 5.48. The van der Waals surface area contributed by atoms with Crippen LogP contribution in [0, 0.1) is 0 Å². The number of carbonyl (C=O) groups is 2. The third-order valence-corrected chi connectivity index (χ3v) is 9.80. The van der Waals surface area contributed by atoms with E-state index in [1.54, 1.807) is 0 Å². The summed E-state index contributed by atoms with van der Waals surface area (Å²) < 4.78 is 32.7. The van der Waals surface area contributed by atoms with Gasteiger partial charge in [0, 0.05) is 12.8 Å². The van der Waals surface area contributed by atoms with Gasteiger partial charge in [0.05, 0.1) is 19.8 Å². The van der Waals surface area contributed by atoms with Crippen molar-refractivity contribution >= 4 is 19.8 Å². The number of unbranched alkanes of at least 4 members (excludes halogenated alkanes) is 14. The van der Waals surface area contributed by atoms with Crippen LogP contribution in [0.4, 0.5) is 0 Å². The Bertz CT molecular complexity index is 1180. The summed E-state index contributed by atoms with van der Waals surface area (Å²) in [5.41, 5.74) is 0. The number of carbonyl (C=O) groups excluding carboxylic acids is 2. The van der Waals surface area contributed by atoms with Gasteiger partial charge in [-0.2, -0.15) is 0 Å². The van der Waals surface area contributed by atoms with Gasteiger partial charge in [-0.25, -0.2) is 4.57 Å². The smallest absolute Gasteiger partial charge is 0.462 e. The average molecular weight is 823 g/mol. The molecular weight excluding hydrogens is 743 g/mol. The second-order valence-corrected chi connectivity index (χ2v) is 15.8. The molecule has 0 heterocycles. The molecule has 0 aliphatic rings. The number of allylic oxidation sites excluding steroid dienone is 12. The van der Waals surface area contributed by atoms with E-state index in [9.17, 15) is 24.2 Å². The summed E-state index contributed by atoms with van der Waals surface area (Å²) in [7, 11) is -4.63. The largest absolute Gasteiger partial charge is 0.472 e. The molecule has 0 aromatic rings. The molecule has 0 aromatic heterocycles. The Morgan fingerprint density at radius 2 is 0.965 bits per heavy atom. The first-order chi connectivity index (χ1) is 27.7. The predicted octanol–water partition coefficient (Wildman–Crippen LogP) is 11.7. The molecule has 0 aliphatic carbocycles. The number of ether oxygens (including phenoxy) is 2. The van der Waals surface area contributed by atoms with E-state index in [0.717, 1.165) is 89.9 Å². The average Bonchev–Trinajstić information content (AvgIpc) is 3.20. The molecule has 0 fully saturated rings. The number of hydrogen-bond donors (Lipinski definition) is 3. The highest BCUT2D eigenvalue weighted by Crippen LogP contribution is 2.43. The minimum absolute atomic E-state index is 0.140. The molecule has 0 rings (SSSR count). The van der Waals surface area contributed by atoms with Gasteiger partial charge in [0.1, 0.15) is 12.7 Å². The second kappa shape index (κ2) is 41.6. The van der Waals surface area contributed by atoms with Crippen molar-refractivity contribution in [2.45, 2.75) is 180 Å². The summed E-state index contributed by atoms with van der Waals surface area (Å²) in [6.07, 6.45) is 47.2. The van der Waals surface area contributed by atoms with E-state index < -0.39 is 51.8 Å². The van der Waals surface area contributed by atoms with Crippen LogP contribution < -0.4 is 0 Å². The van der Waals surface area contributed by atoms with Gasteiger partial charge in [0.2, 0.25) is 0 Å². The monoisotopic (exact) mass is 823 g/mol. The van der Waals surface area contributed by atoms with Gasteiger partial charge in [-0.1, -0.05) is 145 Å². The highest BCUT2D eigenvalue weighted by Gasteiger charge is 2.27. The number of aliphatic hydroxyl groups is 2. The van der Waals surface area contributed by atoms with E-state index >= 15 is 0 Å². The zero-order valence-electron chi connectivity index (χ0n) is 35.5. The van der Waals surface area contributed by atoms with Crippen molar-refractivity contribution in [2.75, 3.05) is 26.4 Å². The number of esters is 2. The lowest BCUT2D eigenvalue weighted by molar-refractivity contribution is -0.161. The third-order valence-electron chi connectivity index (χ3n) is 8.84. The fraction of sp³-hybridized carbons (Fsp3) is 0.696. The number of phosphoric acid groups is 1. The Hall–Kier alpha value is -2.59. The standard InChI is InChI=1S/C46H79O10P/c1-3-5-7-9-11-13-15-17-19-20-21-22-24-26-28-30-32-34-36-38-46(50)56-44(42-55-57(51,52)54-40-43(48)39-47)41-53-45(49)37-35-33-31-29-27-25-23-18-16-14-12-10-8-6-4-2/h5,7,11,13,17-19,21-23,26,28,43-44,47-48H,3-4,6,8-10,12,14-16,20,24-25,27,29-42H2,1-2H3,(H,51,52)/b7-5-,13-11-,19-17-,22-21-,23-18-,28-26-/t43-,44+/m0/s1. The molecule has 0 spiro atoms. The Balaban J connectivity index is 4.39. The lowest BCUT2D eigenvalue weighted by Crippen LogP contribution is -2.29. The van der Waals surface area contributed by atoms with Gasteiger partial charge in [-0.15, -0.1) is 0 Å². The maximum atomic E-state index is 12.6. The van der Waals surface area contributed by atoms with Crippen molar-refractivity contribution in [3.8, 4) is 0 Å². The van der Waals surface area contributed by atoms with E-state index in [2.05, 4.69) is 91.3 Å². The highest BCUT2D eigenvalue weighted by atomic mass is 31.2. The van der Waals surface area contributed by atoms with Gasteiger partial charge in [0.25, 0.3) is 0 Å². The molecule has 328 valence electrons. The molecule has 11 heteroatoms. The first-order valence-electron chi connectivity index (χ1n) is 21.9. The number of phosphoric ester groups is 1. The van der Waals surface area contributed by atoms with Gasteiger partial charge in [-0.3, -0.25) is 18.6 Å². The van der Waals surface area contributed by atoms with Crippen LogP contribution >= 0.6 is 7.82 Å². The minimum atomic E-state index is -4.63. The molecule has 0 amide bonds. The van der Waals surface area contributed by atoms with Crippen LogP contribution in [0.15, 0.2) is 72.9 Å². The van der Waals surface area contributed by atoms with Crippen molar-refractivity contribution < 1.29 is 47.8 Å². The Morgan fingerprint density at radius 1 is 0.544 bits per heavy atom. The number of rotatable bonds is 40. The predicted molar refractivity (Wildman–Crippen MR) is 233 cm³/mol. The molecule has 0 saturated heterocycles. The van der Waals surface area contributed by atoms with E-state index in [-0.39, 0.29) is 19.4 Å². The molecule has 3 atom stereocenters. The molecule has 0 aliphatic heterocycles. The van der Waals surface area contributed by atoms with Gasteiger partial charge in [-0.05, 0) is 83.5 Å². The summed E-state index contributed by atoms with van der Waals surface area (Å²) >= 11 is 0. The van der Waals surface area contributed by atoms with Crippen molar-refractivity contribution in [1.29, 1.82) is 0 Å². The zero-order valence-corrected chi connectivity index (χ0v) is 36.4. The van der Waals surface area contributed by atoms with E-state index in [1.165, 1.54) is 38.5 Å². The molecule has 0 aromatic carbocycles. The maximum absolute atomic E-state index is 12.6. The quantitative estimate of drug-likeness (QED) is 0.0236. The Morgan fingerprint density at radius 3 is 1.49 bits per heavy atom. The van der Waals surface area contributed by atoms with Crippen LogP contribution in [0.1, 0.15) is 168 Å². The van der Waals surface area contributed by atoms with Gasteiger partial charge < -0.3 is 24.6 Å². The van der Waals surface area contributed by atoms with Crippen LogP contribution in [-0.4, -0.2) is 65.7 Å². The Kier molecular flexibility index (Phi) is 39.7. The van der Waals surface area contributed by atoms with E-state index in [0.29, 0.717) is 12.8 Å². The molecule has 3 N–H and O–H groups in total. The third kappa shape index (κ3) is 41.4. The van der Waals surface area contributed by atoms with Crippen LogP contribution in [0.5, 0.6) is 0 Å². The van der Waals surface area contributed by atoms with Crippen LogP contribution in [0.25, 0.3) is 0 Å². The second-order valence-electron chi connectivity index (χ2n) is 14.3. The maximum Gasteiger partial charge on any atom is 0.472 e. The molecule has 10 nitrogen and oxygen atoms in total. The summed E-state index contributed by atoms with van der Waals surface area (Å²) in [5.74, 6) is -0.977. The normalized spacial score (nSPS) is 14.5. The zero-order chi connectivity index (χ0) is 41.9. The Labute approximate surface area is 346 Å². The van der Waals surface area contributed by atoms with Crippen molar-refractivity contribution in [2.24, 2.45) is 0 Å². The highest BCUT2D eigenvalue weighted by molar-refractivity contribution is 7.47. The molecule has 0 bridgehead atoms. The van der Waals surface area contributed by atoms with E-state index in [4.69, 9.17) is 19.1 Å². The fourth-order valence-corrected chi connectivity index (χ4v) is 6.27. The topological polar surface area (TPSA) is 149 Å². The summed E-state index contributed by atoms with van der Waals surface area (Å²) in [5, 5.41) is 18.3. The summed E-state index contributed by atoms with van der Waals surface area (Å²) in [6, 6.07) is 0. The minimum Gasteiger partial charge on any atom is -0.462 e. The molecule has 0 radical (unpaired) electrons. The summed E-state index contributed by atoms with van der Waals surface area (Å²) in [6.45, 7) is 2.20. The number of hydrogen-bond acceptors (Lipinski definition) is 9. The SMILES string of the molecule is CC/C=C\C/C=C\C/C=C\C/C=C\C/C=C\CCCCCC(=O)O[C@H](COC(=O)CCCCCCC/C=C\CCCCCCCC)COP(=O)(O)OC[C@@H](O)CO. The first-order valence-corrected chi connectivity index (χ1v) is 23.4. The van der Waals surface area contributed by atoms with Crippen molar-refractivity contribution in [1.82, 2.24) is 0 Å². The van der Waals surface area contributed by atoms with Crippen LogP contribution in [-0.2, 0) is 32.7 Å². The summed E-state index contributed by atoms with van der Waals surface area (Å²) in [4.78, 5) is 35.0. The molecular formula is C46H79O10P. The first kappa shape index (κ1) is 54.4. The van der Waals surface area contributed by atoms with E-state index in [1.807, 2.05) is 0 Å². The lowest BCUT2D eigenvalue weighted by Gasteiger charge is -2.20. The molecule has 1 unspecified atom stereocenters. The van der Waals surface area contributed by atoms with Gasteiger partial charge in [0.15, 0.2) is 6.10 Å². The lowest BCUT2D eigenvalue weighted by atomic mass is 10.1. The van der Waals surface area contributed by atoms with Gasteiger partial charge >= 0.3 is 19.8 Å².